The van der Waals surface area contributed by atoms with Crippen molar-refractivity contribution in [1.29, 1.82) is 0 Å². The van der Waals surface area contributed by atoms with Crippen molar-refractivity contribution in [1.82, 2.24) is 4.98 Å². The zero-order valence-corrected chi connectivity index (χ0v) is 18.3. The Balaban J connectivity index is 1.91. The molecule has 32 heavy (non-hydrogen) atoms. The highest BCUT2D eigenvalue weighted by atomic mass is 35.5. The van der Waals surface area contributed by atoms with Crippen molar-refractivity contribution in [2.24, 2.45) is 0 Å². The first kappa shape index (κ1) is 21.6. The lowest BCUT2D eigenvalue weighted by Gasteiger charge is -2.26. The van der Waals surface area contributed by atoms with E-state index in [0.717, 1.165) is 5.56 Å². The van der Waals surface area contributed by atoms with E-state index in [1.165, 1.54) is 4.90 Å². The molecule has 0 saturated carbocycles. The van der Waals surface area contributed by atoms with E-state index >= 15 is 0 Å². The number of ether oxygens (including phenoxy) is 1. The highest BCUT2D eigenvalue weighted by Crippen LogP contribution is 2.43. The summed E-state index contributed by atoms with van der Waals surface area (Å²) < 4.78 is 5.45. The molecule has 4 rings (SSSR count). The summed E-state index contributed by atoms with van der Waals surface area (Å²) in [6.45, 7) is 4.22. The molecule has 1 atom stereocenters. The van der Waals surface area contributed by atoms with Gasteiger partial charge in [-0.3, -0.25) is 19.5 Å². The fourth-order valence-corrected chi connectivity index (χ4v) is 3.98. The Labute approximate surface area is 190 Å². The number of Topliss-reactive ketones (excluding diaryl/α,β-unsaturated/α-hetero) is 1. The van der Waals surface area contributed by atoms with E-state index in [1.54, 1.807) is 67.0 Å². The van der Waals surface area contributed by atoms with Crippen LogP contribution in [0.25, 0.3) is 5.76 Å². The summed E-state index contributed by atoms with van der Waals surface area (Å²) in [5.41, 5.74) is 2.34. The van der Waals surface area contributed by atoms with Crippen LogP contribution in [0.2, 0.25) is 5.02 Å². The number of aliphatic hydroxyl groups excluding tert-OH is 1. The van der Waals surface area contributed by atoms with Gasteiger partial charge in [0.1, 0.15) is 11.5 Å². The van der Waals surface area contributed by atoms with Gasteiger partial charge in [-0.15, -0.1) is 0 Å². The van der Waals surface area contributed by atoms with Crippen LogP contribution < -0.4 is 9.64 Å². The van der Waals surface area contributed by atoms with Gasteiger partial charge in [-0.1, -0.05) is 17.7 Å². The third-order valence-corrected chi connectivity index (χ3v) is 5.57. The molecule has 1 aromatic heterocycles. The van der Waals surface area contributed by atoms with Gasteiger partial charge < -0.3 is 9.84 Å². The van der Waals surface area contributed by atoms with E-state index in [0.29, 0.717) is 34.2 Å². The van der Waals surface area contributed by atoms with Gasteiger partial charge in [0.25, 0.3) is 11.7 Å². The van der Waals surface area contributed by atoms with E-state index in [4.69, 9.17) is 16.3 Å². The van der Waals surface area contributed by atoms with Crippen molar-refractivity contribution in [2.75, 3.05) is 11.5 Å². The van der Waals surface area contributed by atoms with E-state index in [-0.39, 0.29) is 11.3 Å². The number of nitrogens with zero attached hydrogens (tertiary/aromatic N) is 2. The molecule has 1 aliphatic rings. The van der Waals surface area contributed by atoms with Crippen LogP contribution in [0.15, 0.2) is 72.6 Å². The summed E-state index contributed by atoms with van der Waals surface area (Å²) >= 11 is 6.20. The average molecular weight is 449 g/mol. The maximum atomic E-state index is 13.2. The van der Waals surface area contributed by atoms with Crippen molar-refractivity contribution in [2.45, 2.75) is 19.9 Å². The number of aliphatic hydroxyl groups is 1. The quantitative estimate of drug-likeness (QED) is 0.335. The number of pyridine rings is 1. The van der Waals surface area contributed by atoms with E-state index in [2.05, 4.69) is 4.98 Å². The Kier molecular flexibility index (Phi) is 5.97. The van der Waals surface area contributed by atoms with E-state index < -0.39 is 17.7 Å². The number of aromatic nitrogens is 1. The number of carbonyl (C=O) groups is 2. The largest absolute Gasteiger partial charge is 0.507 e. The second-order valence-electron chi connectivity index (χ2n) is 7.34. The second-order valence-corrected chi connectivity index (χ2v) is 7.77. The Bertz CT molecular complexity index is 1210. The molecule has 1 N–H and O–H groups in total. The third kappa shape index (κ3) is 3.85. The summed E-state index contributed by atoms with van der Waals surface area (Å²) in [6, 6.07) is 14.5. The van der Waals surface area contributed by atoms with Gasteiger partial charge in [0.15, 0.2) is 0 Å². The number of aryl methyl sites for hydroxylation is 1. The van der Waals surface area contributed by atoms with Gasteiger partial charge in [-0.2, -0.15) is 0 Å². The number of anilines is 1. The Morgan fingerprint density at radius 3 is 2.44 bits per heavy atom. The first-order valence-electron chi connectivity index (χ1n) is 10.1. The number of benzene rings is 2. The topological polar surface area (TPSA) is 79.7 Å². The number of amides is 1. The molecule has 1 saturated heterocycles. The number of hydrogen-bond donors (Lipinski definition) is 1. The smallest absolute Gasteiger partial charge is 0.300 e. The van der Waals surface area contributed by atoms with E-state index in [9.17, 15) is 14.7 Å². The normalized spacial score (nSPS) is 17.6. The molecule has 0 bridgehead atoms. The first-order valence-corrected chi connectivity index (χ1v) is 10.5. The van der Waals surface area contributed by atoms with Gasteiger partial charge in [-0.25, -0.2) is 0 Å². The summed E-state index contributed by atoms with van der Waals surface area (Å²) in [5.74, 6) is -1.11. The molecule has 3 aromatic rings. The molecule has 1 aliphatic heterocycles. The van der Waals surface area contributed by atoms with Crippen LogP contribution in [0.3, 0.4) is 0 Å². The third-order valence-electron chi connectivity index (χ3n) is 5.34. The highest BCUT2D eigenvalue weighted by Gasteiger charge is 2.47. The minimum absolute atomic E-state index is 0.00438. The molecule has 0 radical (unpaired) electrons. The van der Waals surface area contributed by atoms with Crippen LogP contribution in [0, 0.1) is 6.92 Å². The fourth-order valence-electron chi connectivity index (χ4n) is 3.82. The molecule has 2 heterocycles. The van der Waals surface area contributed by atoms with Gasteiger partial charge in [0.05, 0.1) is 18.2 Å². The van der Waals surface area contributed by atoms with Crippen molar-refractivity contribution in [3.8, 4) is 5.75 Å². The van der Waals surface area contributed by atoms with Crippen LogP contribution in [0.5, 0.6) is 5.75 Å². The Morgan fingerprint density at radius 2 is 1.78 bits per heavy atom. The SMILES string of the molecule is CCOc1ccc(/C(O)=C2\C(=O)C(=O)N(c3cc(Cl)ccc3C)C2c2ccncc2)cc1. The molecule has 0 aliphatic carbocycles. The summed E-state index contributed by atoms with van der Waals surface area (Å²) in [4.78, 5) is 31.8. The average Bonchev–Trinajstić information content (AvgIpc) is 3.07. The van der Waals surface area contributed by atoms with Gasteiger partial charge in [0, 0.05) is 28.7 Å². The molecule has 162 valence electrons. The molecule has 0 spiro atoms. The van der Waals surface area contributed by atoms with Crippen molar-refractivity contribution in [3.05, 3.63) is 94.3 Å². The summed E-state index contributed by atoms with van der Waals surface area (Å²) in [7, 11) is 0. The minimum atomic E-state index is -0.832. The lowest BCUT2D eigenvalue weighted by molar-refractivity contribution is -0.132. The molecular weight excluding hydrogens is 428 g/mol. The van der Waals surface area contributed by atoms with Crippen LogP contribution in [-0.2, 0) is 9.59 Å². The number of carbonyl (C=O) groups excluding carboxylic acids is 2. The lowest BCUT2D eigenvalue weighted by atomic mass is 9.95. The standard InChI is InChI=1S/C25H21ClN2O4/c1-3-32-19-8-5-17(6-9-19)23(29)21-22(16-10-12-27-13-11-16)28(25(31)24(21)30)20-14-18(26)7-4-15(20)2/h4-14,22,29H,3H2,1-2H3/b23-21+. The highest BCUT2D eigenvalue weighted by molar-refractivity contribution is 6.52. The number of rotatable bonds is 5. The van der Waals surface area contributed by atoms with Gasteiger partial charge in [0.2, 0.25) is 0 Å². The molecular formula is C25H21ClN2O4. The van der Waals surface area contributed by atoms with E-state index in [1.807, 2.05) is 13.8 Å². The molecule has 1 unspecified atom stereocenters. The molecule has 7 heteroatoms. The van der Waals surface area contributed by atoms with Crippen molar-refractivity contribution >= 4 is 34.7 Å². The monoisotopic (exact) mass is 448 g/mol. The summed E-state index contributed by atoms with van der Waals surface area (Å²) in [5, 5.41) is 11.6. The fraction of sp³-hybridized carbons (Fsp3) is 0.160. The first-order chi connectivity index (χ1) is 15.4. The maximum absolute atomic E-state index is 13.2. The number of halogens is 1. The van der Waals surface area contributed by atoms with Gasteiger partial charge in [-0.05, 0) is 73.5 Å². The zero-order chi connectivity index (χ0) is 22.8. The molecule has 6 nitrogen and oxygen atoms in total. The van der Waals surface area contributed by atoms with Crippen LogP contribution in [-0.4, -0.2) is 28.4 Å². The predicted octanol–water partition coefficient (Wildman–Crippen LogP) is 5.07. The molecule has 2 aromatic carbocycles. The molecule has 1 amide bonds. The Hall–Kier alpha value is -3.64. The number of ketones is 1. The van der Waals surface area contributed by atoms with Crippen LogP contribution in [0.1, 0.15) is 29.7 Å². The van der Waals surface area contributed by atoms with Crippen molar-refractivity contribution in [3.63, 3.8) is 0 Å². The minimum Gasteiger partial charge on any atom is -0.507 e. The zero-order valence-electron chi connectivity index (χ0n) is 17.6. The second kappa shape index (κ2) is 8.85. The van der Waals surface area contributed by atoms with Gasteiger partial charge >= 0.3 is 0 Å². The lowest BCUT2D eigenvalue weighted by Crippen LogP contribution is -2.30. The van der Waals surface area contributed by atoms with Crippen molar-refractivity contribution < 1.29 is 19.4 Å². The maximum Gasteiger partial charge on any atom is 0.300 e. The number of hydrogen-bond acceptors (Lipinski definition) is 5. The summed E-state index contributed by atoms with van der Waals surface area (Å²) in [6.07, 6.45) is 3.16. The molecule has 1 fully saturated rings. The van der Waals surface area contributed by atoms with Crippen LogP contribution in [0.4, 0.5) is 5.69 Å². The van der Waals surface area contributed by atoms with Crippen LogP contribution >= 0.6 is 11.6 Å². The Morgan fingerprint density at radius 1 is 1.09 bits per heavy atom. The predicted molar refractivity (Wildman–Crippen MR) is 123 cm³/mol.